The lowest BCUT2D eigenvalue weighted by Crippen LogP contribution is -2.53. The minimum Gasteiger partial charge on any atom is -0.497 e. The highest BCUT2D eigenvalue weighted by Gasteiger charge is 2.37. The molecule has 0 spiro atoms. The molecule has 1 aliphatic rings. The van der Waals surface area contributed by atoms with E-state index >= 15 is 0 Å². The number of benzene rings is 1. The standard InChI is InChI=1S/C18H30N2O/c1-4-16-6-5-13-20(16)18(2,14-19)12-11-15-7-9-17(21-3)10-8-15/h7-10,16H,4-6,11-14,19H2,1-3H3. The highest BCUT2D eigenvalue weighted by molar-refractivity contribution is 5.27. The topological polar surface area (TPSA) is 38.5 Å². The van der Waals surface area contributed by atoms with Crippen LogP contribution in [0.15, 0.2) is 24.3 Å². The average molecular weight is 290 g/mol. The fourth-order valence-electron chi connectivity index (χ4n) is 3.54. The normalized spacial score (nSPS) is 22.2. The summed E-state index contributed by atoms with van der Waals surface area (Å²) < 4.78 is 5.22. The van der Waals surface area contributed by atoms with Gasteiger partial charge in [0.15, 0.2) is 0 Å². The molecule has 1 saturated heterocycles. The average Bonchev–Trinajstić information content (AvgIpc) is 3.02. The van der Waals surface area contributed by atoms with Crippen molar-refractivity contribution in [1.29, 1.82) is 0 Å². The summed E-state index contributed by atoms with van der Waals surface area (Å²) in [5.41, 5.74) is 7.64. The largest absolute Gasteiger partial charge is 0.497 e. The molecule has 0 amide bonds. The summed E-state index contributed by atoms with van der Waals surface area (Å²) in [6.45, 7) is 6.57. The molecule has 0 saturated carbocycles. The lowest BCUT2D eigenvalue weighted by molar-refractivity contribution is 0.0857. The highest BCUT2D eigenvalue weighted by atomic mass is 16.5. The van der Waals surface area contributed by atoms with Gasteiger partial charge in [0, 0.05) is 18.1 Å². The first-order chi connectivity index (χ1) is 10.1. The maximum absolute atomic E-state index is 6.15. The van der Waals surface area contributed by atoms with Crippen LogP contribution in [0, 0.1) is 0 Å². The zero-order valence-corrected chi connectivity index (χ0v) is 13.8. The summed E-state index contributed by atoms with van der Waals surface area (Å²) in [6, 6.07) is 9.13. The molecule has 2 unspecified atom stereocenters. The Morgan fingerprint density at radius 2 is 2.05 bits per heavy atom. The lowest BCUT2D eigenvalue weighted by atomic mass is 9.90. The summed E-state index contributed by atoms with van der Waals surface area (Å²) >= 11 is 0. The first-order valence-corrected chi connectivity index (χ1v) is 8.22. The van der Waals surface area contributed by atoms with E-state index in [1.807, 2.05) is 12.1 Å². The molecular formula is C18H30N2O. The Kier molecular flexibility index (Phi) is 5.65. The molecule has 3 heteroatoms. The van der Waals surface area contributed by atoms with E-state index in [2.05, 4.69) is 30.9 Å². The van der Waals surface area contributed by atoms with Gasteiger partial charge in [0.2, 0.25) is 0 Å². The summed E-state index contributed by atoms with van der Waals surface area (Å²) in [5.74, 6) is 0.922. The van der Waals surface area contributed by atoms with Crippen LogP contribution in [0.25, 0.3) is 0 Å². The molecule has 0 aromatic heterocycles. The summed E-state index contributed by atoms with van der Waals surface area (Å²) in [4.78, 5) is 2.66. The molecule has 1 aliphatic heterocycles. The fraction of sp³-hybridized carbons (Fsp3) is 0.667. The predicted octanol–water partition coefficient (Wildman–Crippen LogP) is 3.22. The van der Waals surface area contributed by atoms with Crippen molar-refractivity contribution in [1.82, 2.24) is 4.90 Å². The number of hydrogen-bond acceptors (Lipinski definition) is 3. The van der Waals surface area contributed by atoms with Gasteiger partial charge in [0.1, 0.15) is 5.75 Å². The van der Waals surface area contributed by atoms with Gasteiger partial charge in [0.25, 0.3) is 0 Å². The molecule has 0 bridgehead atoms. The van der Waals surface area contributed by atoms with Crippen LogP contribution in [0.4, 0.5) is 0 Å². The first-order valence-electron chi connectivity index (χ1n) is 8.22. The Bertz CT molecular complexity index is 431. The van der Waals surface area contributed by atoms with Crippen molar-refractivity contribution >= 4 is 0 Å². The van der Waals surface area contributed by atoms with Crippen molar-refractivity contribution < 1.29 is 4.74 Å². The third-order valence-electron chi connectivity index (χ3n) is 5.09. The van der Waals surface area contributed by atoms with Crippen molar-refractivity contribution in [3.05, 3.63) is 29.8 Å². The van der Waals surface area contributed by atoms with E-state index in [1.165, 1.54) is 31.4 Å². The van der Waals surface area contributed by atoms with Crippen molar-refractivity contribution in [2.75, 3.05) is 20.2 Å². The molecular weight excluding hydrogens is 260 g/mol. The molecule has 21 heavy (non-hydrogen) atoms. The molecule has 118 valence electrons. The molecule has 2 atom stereocenters. The van der Waals surface area contributed by atoms with Crippen LogP contribution in [-0.4, -0.2) is 36.7 Å². The number of methoxy groups -OCH3 is 1. The lowest BCUT2D eigenvalue weighted by Gasteiger charge is -2.42. The minimum absolute atomic E-state index is 0.122. The summed E-state index contributed by atoms with van der Waals surface area (Å²) in [7, 11) is 1.71. The van der Waals surface area contributed by atoms with Crippen molar-refractivity contribution in [3.63, 3.8) is 0 Å². The SMILES string of the molecule is CCC1CCCN1C(C)(CN)CCc1ccc(OC)cc1. The Balaban J connectivity index is 2.00. The maximum atomic E-state index is 6.15. The second-order valence-corrected chi connectivity index (χ2v) is 6.45. The smallest absolute Gasteiger partial charge is 0.118 e. The van der Waals surface area contributed by atoms with Gasteiger partial charge >= 0.3 is 0 Å². The Hall–Kier alpha value is -1.06. The van der Waals surface area contributed by atoms with Crippen molar-refractivity contribution in [2.45, 2.75) is 57.5 Å². The van der Waals surface area contributed by atoms with Gasteiger partial charge in [-0.25, -0.2) is 0 Å². The number of rotatable bonds is 7. The Morgan fingerprint density at radius 3 is 2.62 bits per heavy atom. The van der Waals surface area contributed by atoms with E-state index in [0.29, 0.717) is 0 Å². The van der Waals surface area contributed by atoms with Crippen LogP contribution in [0.3, 0.4) is 0 Å². The molecule has 2 rings (SSSR count). The third kappa shape index (κ3) is 3.78. The zero-order chi connectivity index (χ0) is 15.3. The van der Waals surface area contributed by atoms with E-state index in [4.69, 9.17) is 10.5 Å². The van der Waals surface area contributed by atoms with Crippen LogP contribution in [0.2, 0.25) is 0 Å². The molecule has 1 heterocycles. The van der Waals surface area contributed by atoms with Crippen LogP contribution in [0.5, 0.6) is 5.75 Å². The van der Waals surface area contributed by atoms with Gasteiger partial charge in [-0.15, -0.1) is 0 Å². The zero-order valence-electron chi connectivity index (χ0n) is 13.8. The molecule has 1 fully saturated rings. The van der Waals surface area contributed by atoms with Crippen molar-refractivity contribution in [2.24, 2.45) is 5.73 Å². The van der Waals surface area contributed by atoms with Gasteiger partial charge in [0.05, 0.1) is 7.11 Å². The summed E-state index contributed by atoms with van der Waals surface area (Å²) in [5, 5.41) is 0. The van der Waals surface area contributed by atoms with E-state index in [0.717, 1.165) is 31.2 Å². The maximum Gasteiger partial charge on any atom is 0.118 e. The second kappa shape index (κ2) is 7.28. The predicted molar refractivity (Wildman–Crippen MR) is 88.8 cm³/mol. The summed E-state index contributed by atoms with van der Waals surface area (Å²) in [6.07, 6.45) is 6.07. The van der Waals surface area contributed by atoms with Crippen LogP contribution < -0.4 is 10.5 Å². The van der Waals surface area contributed by atoms with E-state index in [1.54, 1.807) is 7.11 Å². The quantitative estimate of drug-likeness (QED) is 0.838. The second-order valence-electron chi connectivity index (χ2n) is 6.45. The van der Waals surface area contributed by atoms with Crippen LogP contribution in [0.1, 0.15) is 45.1 Å². The molecule has 1 aromatic rings. The van der Waals surface area contributed by atoms with Crippen LogP contribution in [-0.2, 0) is 6.42 Å². The number of hydrogen-bond donors (Lipinski definition) is 1. The third-order valence-corrected chi connectivity index (χ3v) is 5.09. The molecule has 0 radical (unpaired) electrons. The first kappa shape index (κ1) is 16.3. The molecule has 0 aliphatic carbocycles. The van der Waals surface area contributed by atoms with Gasteiger partial charge in [-0.1, -0.05) is 19.1 Å². The number of nitrogens with two attached hydrogens (primary N) is 1. The Labute approximate surface area is 129 Å². The van der Waals surface area contributed by atoms with E-state index in [-0.39, 0.29) is 5.54 Å². The highest BCUT2D eigenvalue weighted by Crippen LogP contribution is 2.31. The fourth-order valence-corrected chi connectivity index (χ4v) is 3.54. The number of ether oxygens (including phenoxy) is 1. The number of aryl methyl sites for hydroxylation is 1. The van der Waals surface area contributed by atoms with Gasteiger partial charge in [-0.05, 0) is 63.3 Å². The molecule has 1 aromatic carbocycles. The van der Waals surface area contributed by atoms with E-state index < -0.39 is 0 Å². The molecule has 2 N–H and O–H groups in total. The monoisotopic (exact) mass is 290 g/mol. The van der Waals surface area contributed by atoms with Crippen LogP contribution >= 0.6 is 0 Å². The van der Waals surface area contributed by atoms with E-state index in [9.17, 15) is 0 Å². The van der Waals surface area contributed by atoms with Gasteiger partial charge in [-0.3, -0.25) is 4.90 Å². The van der Waals surface area contributed by atoms with Crippen molar-refractivity contribution in [3.8, 4) is 5.75 Å². The van der Waals surface area contributed by atoms with Gasteiger partial charge in [-0.2, -0.15) is 0 Å². The number of likely N-dealkylation sites (tertiary alicyclic amines) is 1. The minimum atomic E-state index is 0.122. The Morgan fingerprint density at radius 1 is 1.33 bits per heavy atom. The number of nitrogens with zero attached hydrogens (tertiary/aromatic N) is 1. The molecule has 3 nitrogen and oxygen atoms in total. The van der Waals surface area contributed by atoms with Gasteiger partial charge < -0.3 is 10.5 Å².